The van der Waals surface area contributed by atoms with E-state index in [1.54, 1.807) is 19.2 Å². The molecule has 0 N–H and O–H groups in total. The topological polar surface area (TPSA) is 60.4 Å². The molecule has 0 amide bonds. The minimum Gasteiger partial charge on any atom is -0.497 e. The number of hydrogen-bond acceptors (Lipinski definition) is 6. The number of hydrazone groups is 1. The molecule has 2 aliphatic rings. The van der Waals surface area contributed by atoms with Crippen molar-refractivity contribution in [2.45, 2.75) is 18.7 Å². The fourth-order valence-corrected chi connectivity index (χ4v) is 4.34. The number of methoxy groups -OCH3 is 2. The monoisotopic (exact) mass is 448 g/mol. The Balaban J connectivity index is 1.56. The van der Waals surface area contributed by atoms with E-state index in [1.165, 1.54) is 7.11 Å². The summed E-state index contributed by atoms with van der Waals surface area (Å²) in [5, 5.41) is 7.58. The Kier molecular flexibility index (Phi) is 5.23. The van der Waals surface area contributed by atoms with Crippen LogP contribution in [0.5, 0.6) is 11.5 Å². The van der Waals surface area contributed by atoms with E-state index in [-0.39, 0.29) is 12.0 Å². The molecule has 3 aromatic rings. The van der Waals surface area contributed by atoms with Crippen LogP contribution >= 0.6 is 11.6 Å². The van der Waals surface area contributed by atoms with Gasteiger partial charge in [-0.25, -0.2) is 9.80 Å². The molecule has 0 spiro atoms. The lowest BCUT2D eigenvalue weighted by atomic mass is 9.95. The van der Waals surface area contributed by atoms with Crippen molar-refractivity contribution in [2.24, 2.45) is 5.10 Å². The molecule has 0 saturated heterocycles. The third kappa shape index (κ3) is 3.56. The largest absolute Gasteiger partial charge is 0.497 e. The average Bonchev–Trinajstić information content (AvgIpc) is 3.29. The first-order valence-electron chi connectivity index (χ1n) is 10.2. The van der Waals surface area contributed by atoms with Gasteiger partial charge in [0.05, 0.1) is 31.5 Å². The van der Waals surface area contributed by atoms with Crippen LogP contribution in [0.3, 0.4) is 0 Å². The van der Waals surface area contributed by atoms with Crippen LogP contribution < -0.4 is 9.47 Å². The van der Waals surface area contributed by atoms with E-state index < -0.39 is 6.23 Å². The first-order chi connectivity index (χ1) is 15.6. The molecular formula is C25H21ClN2O4. The number of halogens is 1. The number of esters is 1. The second-order valence-corrected chi connectivity index (χ2v) is 8.08. The van der Waals surface area contributed by atoms with E-state index in [9.17, 15) is 4.79 Å². The van der Waals surface area contributed by atoms with Gasteiger partial charge < -0.3 is 14.2 Å². The summed E-state index contributed by atoms with van der Waals surface area (Å²) in [4.78, 5) is 11.8. The standard InChI is InChI=1S/C25H21ClN2O4/c1-30-19-5-3-4-17(12-19)21-14-22-20-13-18(26)10-11-23(20)32-24(28(22)27-21)15-6-8-16(9-7-15)25(29)31-2/h3-13,22,24H,14H2,1-2H3/t22-,24+/m0/s1. The molecule has 7 heteroatoms. The van der Waals surface area contributed by atoms with Crippen molar-refractivity contribution in [2.75, 3.05) is 14.2 Å². The van der Waals surface area contributed by atoms with Crippen LogP contribution in [0.2, 0.25) is 5.02 Å². The van der Waals surface area contributed by atoms with Gasteiger partial charge in [-0.2, -0.15) is 5.10 Å². The van der Waals surface area contributed by atoms with E-state index in [0.717, 1.165) is 33.9 Å². The molecule has 0 radical (unpaired) electrons. The van der Waals surface area contributed by atoms with Gasteiger partial charge in [-0.3, -0.25) is 0 Å². The smallest absolute Gasteiger partial charge is 0.337 e. The number of rotatable bonds is 4. The maximum Gasteiger partial charge on any atom is 0.337 e. The normalized spacial score (nSPS) is 18.8. The highest BCUT2D eigenvalue weighted by atomic mass is 35.5. The molecule has 0 bridgehead atoms. The zero-order valence-corrected chi connectivity index (χ0v) is 18.4. The zero-order chi connectivity index (χ0) is 22.2. The zero-order valence-electron chi connectivity index (χ0n) is 17.6. The third-order valence-corrected chi connectivity index (χ3v) is 6.01. The predicted octanol–water partition coefficient (Wildman–Crippen LogP) is 5.38. The summed E-state index contributed by atoms with van der Waals surface area (Å²) < 4.78 is 16.6. The second-order valence-electron chi connectivity index (χ2n) is 7.64. The van der Waals surface area contributed by atoms with Crippen molar-refractivity contribution in [1.29, 1.82) is 0 Å². The van der Waals surface area contributed by atoms with E-state index in [0.29, 0.717) is 17.0 Å². The first-order valence-corrected chi connectivity index (χ1v) is 10.6. The molecule has 0 fully saturated rings. The maximum absolute atomic E-state index is 11.8. The lowest BCUT2D eigenvalue weighted by Gasteiger charge is -2.38. The highest BCUT2D eigenvalue weighted by Gasteiger charge is 2.41. The quantitative estimate of drug-likeness (QED) is 0.501. The lowest BCUT2D eigenvalue weighted by Crippen LogP contribution is -2.33. The summed E-state index contributed by atoms with van der Waals surface area (Å²) in [6.45, 7) is 0. The predicted molar refractivity (Wildman–Crippen MR) is 121 cm³/mol. The molecule has 162 valence electrons. The molecule has 0 aliphatic carbocycles. The fraction of sp³-hybridized carbons (Fsp3) is 0.200. The van der Waals surface area contributed by atoms with Gasteiger partial charge in [0, 0.05) is 28.1 Å². The number of fused-ring (bicyclic) bond motifs is 3. The molecule has 2 aliphatic heterocycles. The van der Waals surface area contributed by atoms with Crippen LogP contribution in [-0.2, 0) is 4.74 Å². The minimum atomic E-state index is -0.441. The van der Waals surface area contributed by atoms with Crippen molar-refractivity contribution >= 4 is 23.3 Å². The fourth-order valence-electron chi connectivity index (χ4n) is 4.16. The highest BCUT2D eigenvalue weighted by molar-refractivity contribution is 6.30. The van der Waals surface area contributed by atoms with Crippen molar-refractivity contribution in [3.8, 4) is 11.5 Å². The van der Waals surface area contributed by atoms with Gasteiger partial charge in [0.1, 0.15) is 11.5 Å². The summed E-state index contributed by atoms with van der Waals surface area (Å²) in [7, 11) is 3.02. The van der Waals surface area contributed by atoms with Crippen LogP contribution in [0, 0.1) is 0 Å². The number of nitrogens with zero attached hydrogens (tertiary/aromatic N) is 2. The Morgan fingerprint density at radius 1 is 1.09 bits per heavy atom. The number of benzene rings is 3. The number of ether oxygens (including phenoxy) is 3. The van der Waals surface area contributed by atoms with Crippen LogP contribution in [-0.4, -0.2) is 30.9 Å². The van der Waals surface area contributed by atoms with Crippen LogP contribution in [0.25, 0.3) is 0 Å². The Morgan fingerprint density at radius 2 is 1.91 bits per heavy atom. The molecule has 32 heavy (non-hydrogen) atoms. The van der Waals surface area contributed by atoms with Gasteiger partial charge in [-0.1, -0.05) is 35.9 Å². The number of hydrogen-bond donors (Lipinski definition) is 0. The third-order valence-electron chi connectivity index (χ3n) is 5.77. The lowest BCUT2D eigenvalue weighted by molar-refractivity contribution is -0.0190. The highest BCUT2D eigenvalue weighted by Crippen LogP contribution is 2.48. The first kappa shape index (κ1) is 20.4. The molecule has 0 aromatic heterocycles. The SMILES string of the molecule is COC(=O)c1ccc([C@H]2Oc3ccc(Cl)cc3[C@@H]3CC(c4cccc(OC)c4)=NN23)cc1. The molecule has 6 nitrogen and oxygen atoms in total. The molecule has 2 atom stereocenters. The minimum absolute atomic E-state index is 0.0241. The Bertz CT molecular complexity index is 1210. The van der Waals surface area contributed by atoms with Crippen molar-refractivity contribution < 1.29 is 19.0 Å². The Labute approximate surface area is 191 Å². The van der Waals surface area contributed by atoms with Gasteiger partial charge in [-0.05, 0) is 42.5 Å². The van der Waals surface area contributed by atoms with Crippen molar-refractivity contribution in [1.82, 2.24) is 5.01 Å². The van der Waals surface area contributed by atoms with Crippen LogP contribution in [0.4, 0.5) is 0 Å². The molecule has 3 aromatic carbocycles. The van der Waals surface area contributed by atoms with Gasteiger partial charge >= 0.3 is 5.97 Å². The van der Waals surface area contributed by atoms with Crippen LogP contribution in [0.1, 0.15) is 45.7 Å². The average molecular weight is 449 g/mol. The van der Waals surface area contributed by atoms with Gasteiger partial charge in [-0.15, -0.1) is 0 Å². The van der Waals surface area contributed by atoms with Gasteiger partial charge in [0.25, 0.3) is 0 Å². The second kappa shape index (κ2) is 8.20. The van der Waals surface area contributed by atoms with Crippen molar-refractivity contribution in [3.05, 3.63) is 94.0 Å². The molecule has 5 rings (SSSR count). The molecule has 2 heterocycles. The molecule has 0 saturated carbocycles. The Morgan fingerprint density at radius 3 is 2.66 bits per heavy atom. The summed E-state index contributed by atoms with van der Waals surface area (Å²) >= 11 is 6.30. The Hall–Kier alpha value is -3.51. The molecular weight excluding hydrogens is 428 g/mol. The van der Waals surface area contributed by atoms with E-state index in [4.69, 9.17) is 30.9 Å². The van der Waals surface area contributed by atoms with Gasteiger partial charge in [0.15, 0.2) is 0 Å². The summed E-state index contributed by atoms with van der Waals surface area (Å²) in [6, 6.07) is 20.7. The van der Waals surface area contributed by atoms with E-state index in [2.05, 4.69) is 0 Å². The number of carbonyl (C=O) groups is 1. The summed E-state index contributed by atoms with van der Waals surface area (Å²) in [5.74, 6) is 1.18. The van der Waals surface area contributed by atoms with Crippen LogP contribution in [0.15, 0.2) is 71.8 Å². The number of carbonyl (C=O) groups excluding carboxylic acids is 1. The summed E-state index contributed by atoms with van der Waals surface area (Å²) in [5.41, 5.74) is 4.32. The maximum atomic E-state index is 11.8. The van der Waals surface area contributed by atoms with E-state index in [1.807, 2.05) is 59.6 Å². The van der Waals surface area contributed by atoms with Crippen molar-refractivity contribution in [3.63, 3.8) is 0 Å². The van der Waals surface area contributed by atoms with Gasteiger partial charge in [0.2, 0.25) is 6.23 Å². The summed E-state index contributed by atoms with van der Waals surface area (Å²) in [6.07, 6.45) is 0.268. The molecule has 0 unspecified atom stereocenters. The van der Waals surface area contributed by atoms with E-state index >= 15 is 0 Å².